The molecule has 0 atom stereocenters. The molecule has 0 aliphatic rings. The van der Waals surface area contributed by atoms with Crippen molar-refractivity contribution in [2.75, 3.05) is 0 Å². The van der Waals surface area contributed by atoms with E-state index in [0.717, 1.165) is 6.07 Å². The van der Waals surface area contributed by atoms with E-state index in [1.165, 1.54) is 0 Å². The summed E-state index contributed by atoms with van der Waals surface area (Å²) in [5, 5.41) is 9.93. The first-order chi connectivity index (χ1) is 6.06. The van der Waals surface area contributed by atoms with Crippen molar-refractivity contribution in [1.29, 1.82) is 0 Å². The van der Waals surface area contributed by atoms with Crippen LogP contribution in [0.5, 0.6) is 0 Å². The number of halogens is 2. The maximum atomic E-state index is 12.6. The lowest BCUT2D eigenvalue weighted by Crippen LogP contribution is -1.94. The zero-order valence-corrected chi connectivity index (χ0v) is 6.92. The zero-order chi connectivity index (χ0) is 10.0. The molecule has 0 amide bonds. The van der Waals surface area contributed by atoms with Gasteiger partial charge in [-0.1, -0.05) is 11.6 Å². The number of rotatable bonds is 2. The van der Waals surface area contributed by atoms with Crippen molar-refractivity contribution in [2.45, 2.75) is 0 Å². The largest absolute Gasteiger partial charge is 0.298 e. The second-order valence-corrected chi connectivity index (χ2v) is 2.58. The molecule has 0 unspecified atom stereocenters. The number of hydrogen-bond acceptors (Lipinski definition) is 3. The first-order valence-electron chi connectivity index (χ1n) is 3.15. The minimum Gasteiger partial charge on any atom is -0.298 e. The van der Waals surface area contributed by atoms with Gasteiger partial charge in [-0.15, -0.1) is 0 Å². The molecule has 0 radical (unpaired) electrons. The Morgan fingerprint density at radius 2 is 2.15 bits per heavy atom. The van der Waals surface area contributed by atoms with E-state index in [-0.39, 0.29) is 16.9 Å². The summed E-state index contributed by atoms with van der Waals surface area (Å²) in [5.74, 6) is -0.863. The van der Waals surface area contributed by atoms with E-state index >= 15 is 0 Å². The van der Waals surface area contributed by atoms with Crippen LogP contribution in [-0.4, -0.2) is 11.2 Å². The highest BCUT2D eigenvalue weighted by Gasteiger charge is 2.17. The summed E-state index contributed by atoms with van der Waals surface area (Å²) in [5.41, 5.74) is -0.836. The van der Waals surface area contributed by atoms with Crippen LogP contribution in [0.2, 0.25) is 5.02 Å². The summed E-state index contributed by atoms with van der Waals surface area (Å²) in [6, 6.07) is 1.50. The molecule has 0 saturated heterocycles. The molecule has 6 heteroatoms. The van der Waals surface area contributed by atoms with Crippen LogP contribution in [0.3, 0.4) is 0 Å². The van der Waals surface area contributed by atoms with E-state index in [2.05, 4.69) is 0 Å². The van der Waals surface area contributed by atoms with Crippen LogP contribution in [0.4, 0.5) is 10.1 Å². The Morgan fingerprint density at radius 3 is 2.62 bits per heavy atom. The highest BCUT2D eigenvalue weighted by Crippen LogP contribution is 2.27. The zero-order valence-electron chi connectivity index (χ0n) is 6.16. The van der Waals surface area contributed by atoms with Gasteiger partial charge in [-0.05, 0) is 6.07 Å². The summed E-state index contributed by atoms with van der Waals surface area (Å²) in [6.07, 6.45) is 0.262. The van der Waals surface area contributed by atoms with Gasteiger partial charge < -0.3 is 0 Å². The Morgan fingerprint density at radius 1 is 1.54 bits per heavy atom. The highest BCUT2D eigenvalue weighted by molar-refractivity contribution is 6.35. The predicted octanol–water partition coefficient (Wildman–Crippen LogP) is 2.20. The average Bonchev–Trinajstić information content (AvgIpc) is 2.08. The first-order valence-corrected chi connectivity index (χ1v) is 3.52. The Labute approximate surface area is 77.1 Å². The third kappa shape index (κ3) is 1.81. The second kappa shape index (κ2) is 3.49. The van der Waals surface area contributed by atoms with E-state index in [1.54, 1.807) is 0 Å². The number of nitro groups is 1. The van der Waals surface area contributed by atoms with E-state index in [9.17, 15) is 19.3 Å². The van der Waals surface area contributed by atoms with Gasteiger partial charge in [0.25, 0.3) is 5.69 Å². The van der Waals surface area contributed by atoms with E-state index < -0.39 is 16.4 Å². The molecule has 13 heavy (non-hydrogen) atoms. The Kier molecular flexibility index (Phi) is 2.57. The van der Waals surface area contributed by atoms with E-state index in [4.69, 9.17) is 11.6 Å². The SMILES string of the molecule is O=Cc1cc(F)cc([N+](=O)[O-])c1Cl. The van der Waals surface area contributed by atoms with Crippen molar-refractivity contribution in [1.82, 2.24) is 0 Å². The summed E-state index contributed by atoms with van der Waals surface area (Å²) in [7, 11) is 0. The molecule has 4 nitrogen and oxygen atoms in total. The number of nitro benzene ring substituents is 1. The molecule has 0 aliphatic heterocycles. The summed E-state index contributed by atoms with van der Waals surface area (Å²) in [6.45, 7) is 0. The Bertz CT molecular complexity index is 380. The number of benzene rings is 1. The van der Waals surface area contributed by atoms with Crippen LogP contribution in [0.1, 0.15) is 10.4 Å². The minimum absolute atomic E-state index is 0.228. The van der Waals surface area contributed by atoms with Gasteiger partial charge in [0.15, 0.2) is 6.29 Å². The first kappa shape index (κ1) is 9.60. The van der Waals surface area contributed by atoms with Crippen LogP contribution in [0.25, 0.3) is 0 Å². The topological polar surface area (TPSA) is 60.2 Å². The van der Waals surface area contributed by atoms with Crippen molar-refractivity contribution < 1.29 is 14.1 Å². The van der Waals surface area contributed by atoms with Crippen molar-refractivity contribution in [3.05, 3.63) is 38.7 Å². The summed E-state index contributed by atoms with van der Waals surface area (Å²) < 4.78 is 12.6. The molecule has 0 heterocycles. The van der Waals surface area contributed by atoms with Crippen molar-refractivity contribution >= 4 is 23.6 Å². The maximum Gasteiger partial charge on any atom is 0.291 e. The molecule has 68 valence electrons. The van der Waals surface area contributed by atoms with Gasteiger partial charge in [0.1, 0.15) is 10.8 Å². The van der Waals surface area contributed by atoms with Gasteiger partial charge in [0.2, 0.25) is 0 Å². The lowest BCUT2D eigenvalue weighted by atomic mass is 10.2. The van der Waals surface area contributed by atoms with Crippen LogP contribution in [-0.2, 0) is 0 Å². The lowest BCUT2D eigenvalue weighted by molar-refractivity contribution is -0.384. The molecule has 1 aromatic rings. The third-order valence-corrected chi connectivity index (χ3v) is 1.78. The molecule has 0 aromatic heterocycles. The lowest BCUT2D eigenvalue weighted by Gasteiger charge is -1.97. The molecule has 0 fully saturated rings. The third-order valence-electron chi connectivity index (χ3n) is 1.37. The average molecular weight is 204 g/mol. The number of carbonyl (C=O) groups is 1. The fourth-order valence-corrected chi connectivity index (χ4v) is 1.04. The van der Waals surface area contributed by atoms with Crippen molar-refractivity contribution in [3.8, 4) is 0 Å². The van der Waals surface area contributed by atoms with Crippen LogP contribution in [0, 0.1) is 15.9 Å². The fourth-order valence-electron chi connectivity index (χ4n) is 0.814. The Balaban J connectivity index is 3.44. The molecule has 0 saturated carbocycles. The standard InChI is InChI=1S/C7H3ClFNO3/c8-7-4(3-11)1-5(9)2-6(7)10(12)13/h1-3H. The van der Waals surface area contributed by atoms with Gasteiger partial charge in [-0.3, -0.25) is 14.9 Å². The molecule has 0 spiro atoms. The van der Waals surface area contributed by atoms with Crippen molar-refractivity contribution in [2.24, 2.45) is 0 Å². The number of aldehydes is 1. The van der Waals surface area contributed by atoms with Gasteiger partial charge in [-0.2, -0.15) is 0 Å². The molecule has 0 N–H and O–H groups in total. The van der Waals surface area contributed by atoms with Crippen molar-refractivity contribution in [3.63, 3.8) is 0 Å². The monoisotopic (exact) mass is 203 g/mol. The smallest absolute Gasteiger partial charge is 0.291 e. The van der Waals surface area contributed by atoms with Gasteiger partial charge in [-0.25, -0.2) is 4.39 Å². The maximum absolute atomic E-state index is 12.6. The fraction of sp³-hybridized carbons (Fsp3) is 0. The molecule has 1 aromatic carbocycles. The predicted molar refractivity (Wildman–Crippen MR) is 43.5 cm³/mol. The van der Waals surface area contributed by atoms with Crippen LogP contribution < -0.4 is 0 Å². The molecule has 1 rings (SSSR count). The van der Waals surface area contributed by atoms with E-state index in [1.807, 2.05) is 0 Å². The molecule has 0 aliphatic carbocycles. The quantitative estimate of drug-likeness (QED) is 0.421. The molecular weight excluding hydrogens is 201 g/mol. The summed E-state index contributed by atoms with van der Waals surface area (Å²) >= 11 is 5.44. The second-order valence-electron chi connectivity index (χ2n) is 2.20. The minimum atomic E-state index is -0.863. The number of carbonyl (C=O) groups excluding carboxylic acids is 1. The molecule has 0 bridgehead atoms. The Hall–Kier alpha value is -1.49. The normalized spacial score (nSPS) is 9.69. The molecular formula is C7H3ClFNO3. The van der Waals surface area contributed by atoms with Gasteiger partial charge in [0.05, 0.1) is 11.0 Å². The highest BCUT2D eigenvalue weighted by atomic mass is 35.5. The van der Waals surface area contributed by atoms with E-state index in [0.29, 0.717) is 6.07 Å². The van der Waals surface area contributed by atoms with Gasteiger partial charge >= 0.3 is 0 Å². The number of nitrogens with zero attached hydrogens (tertiary/aromatic N) is 1. The van der Waals surface area contributed by atoms with Crippen LogP contribution in [0.15, 0.2) is 12.1 Å². The number of hydrogen-bond donors (Lipinski definition) is 0. The van der Waals surface area contributed by atoms with Gasteiger partial charge in [0, 0.05) is 5.56 Å². The summed E-state index contributed by atoms with van der Waals surface area (Å²) in [4.78, 5) is 19.7. The van der Waals surface area contributed by atoms with Crippen LogP contribution >= 0.6 is 11.6 Å².